The molecule has 1 fully saturated rings. The van der Waals surface area contributed by atoms with Crippen LogP contribution in [0, 0.1) is 11.3 Å². The molecule has 1 aliphatic heterocycles. The van der Waals surface area contributed by atoms with Crippen molar-refractivity contribution < 1.29 is 24.2 Å². The second-order valence-corrected chi connectivity index (χ2v) is 4.64. The van der Waals surface area contributed by atoms with E-state index in [-0.39, 0.29) is 13.2 Å². The number of cyclic esters (lactones) is 1. The number of benzene rings is 1. The number of hydrogen-bond donors (Lipinski definition) is 2. The summed E-state index contributed by atoms with van der Waals surface area (Å²) in [7, 11) is 0. The lowest BCUT2D eigenvalue weighted by atomic mass is 10.1. The number of carboxylic acid groups (broad SMARTS) is 1. The first-order chi connectivity index (χ1) is 10.5. The quantitative estimate of drug-likeness (QED) is 0.795. The van der Waals surface area contributed by atoms with E-state index in [9.17, 15) is 14.4 Å². The number of amides is 2. The molecule has 0 saturated carbocycles. The molecule has 1 atom stereocenters. The highest BCUT2D eigenvalue weighted by molar-refractivity contribution is 5.89. The number of rotatable bonds is 5. The van der Waals surface area contributed by atoms with Crippen LogP contribution in [0.3, 0.4) is 0 Å². The summed E-state index contributed by atoms with van der Waals surface area (Å²) in [5, 5.41) is 19.6. The summed E-state index contributed by atoms with van der Waals surface area (Å²) in [4.78, 5) is 35.3. The van der Waals surface area contributed by atoms with Gasteiger partial charge in [-0.2, -0.15) is 5.26 Å². The van der Waals surface area contributed by atoms with Gasteiger partial charge in [0, 0.05) is 0 Å². The van der Waals surface area contributed by atoms with Crippen LogP contribution >= 0.6 is 0 Å². The second kappa shape index (κ2) is 6.58. The van der Waals surface area contributed by atoms with Crippen LogP contribution in [0.25, 0.3) is 0 Å². The Balaban J connectivity index is 2.09. The van der Waals surface area contributed by atoms with Gasteiger partial charge in [-0.05, 0) is 17.7 Å². The van der Waals surface area contributed by atoms with E-state index < -0.39 is 30.6 Å². The molecule has 2 amide bonds. The minimum Gasteiger partial charge on any atom is -0.480 e. The fraction of sp³-hybridized carbons (Fsp3) is 0.286. The number of aliphatic carboxylic acids is 1. The van der Waals surface area contributed by atoms with Crippen molar-refractivity contribution in [1.29, 1.82) is 5.26 Å². The summed E-state index contributed by atoms with van der Waals surface area (Å²) >= 11 is 0. The molecule has 8 nitrogen and oxygen atoms in total. The first-order valence-corrected chi connectivity index (χ1v) is 6.43. The van der Waals surface area contributed by atoms with E-state index in [0.29, 0.717) is 11.1 Å². The number of nitriles is 1. The lowest BCUT2D eigenvalue weighted by Gasteiger charge is -2.20. The second-order valence-electron chi connectivity index (χ2n) is 4.64. The lowest BCUT2D eigenvalue weighted by molar-refractivity contribution is -0.138. The van der Waals surface area contributed by atoms with Crippen LogP contribution in [0.5, 0.6) is 0 Å². The Labute approximate surface area is 125 Å². The zero-order valence-corrected chi connectivity index (χ0v) is 11.5. The van der Waals surface area contributed by atoms with Gasteiger partial charge in [0.05, 0.1) is 18.2 Å². The maximum Gasteiger partial charge on any atom is 0.410 e. The number of carbonyl (C=O) groups is 3. The van der Waals surface area contributed by atoms with Gasteiger partial charge in [0.2, 0.25) is 5.91 Å². The van der Waals surface area contributed by atoms with Gasteiger partial charge < -0.3 is 15.2 Å². The predicted octanol–water partition coefficient (Wildman–Crippen LogP) is 0.0799. The Morgan fingerprint density at radius 3 is 2.95 bits per heavy atom. The van der Waals surface area contributed by atoms with E-state index in [1.165, 1.54) is 4.90 Å². The van der Waals surface area contributed by atoms with Gasteiger partial charge in [-0.1, -0.05) is 12.1 Å². The van der Waals surface area contributed by atoms with Gasteiger partial charge in [0.1, 0.15) is 19.2 Å². The highest BCUT2D eigenvalue weighted by atomic mass is 16.6. The topological polar surface area (TPSA) is 120 Å². The van der Waals surface area contributed by atoms with E-state index in [2.05, 4.69) is 5.32 Å². The molecule has 1 saturated heterocycles. The minimum absolute atomic E-state index is 0.0967. The first kappa shape index (κ1) is 15.3. The zero-order valence-electron chi connectivity index (χ0n) is 11.5. The standard InChI is InChI=1S/C14H13N3O5/c15-5-9-2-1-3-10(4-9)7-17-11(8-22-14(17)21)13(20)16-6-12(18)19/h1-4,11H,6-8H2,(H,16,20)(H,18,19)/t11-/m0/s1. The van der Waals surface area contributed by atoms with Crippen molar-refractivity contribution in [3.8, 4) is 6.07 Å². The van der Waals surface area contributed by atoms with Crippen LogP contribution in [0.2, 0.25) is 0 Å². The van der Waals surface area contributed by atoms with Crippen molar-refractivity contribution in [3.05, 3.63) is 35.4 Å². The minimum atomic E-state index is -1.17. The molecule has 2 N–H and O–H groups in total. The Bertz CT molecular complexity index is 652. The summed E-state index contributed by atoms with van der Waals surface area (Å²) in [6.45, 7) is -0.566. The van der Waals surface area contributed by atoms with Crippen molar-refractivity contribution in [1.82, 2.24) is 10.2 Å². The average Bonchev–Trinajstić information content (AvgIpc) is 2.86. The highest BCUT2D eigenvalue weighted by Gasteiger charge is 2.38. The average molecular weight is 303 g/mol. The molecule has 0 radical (unpaired) electrons. The molecule has 22 heavy (non-hydrogen) atoms. The predicted molar refractivity (Wildman–Crippen MR) is 72.5 cm³/mol. The molecule has 0 unspecified atom stereocenters. The van der Waals surface area contributed by atoms with Gasteiger partial charge >= 0.3 is 12.1 Å². The van der Waals surface area contributed by atoms with Crippen LogP contribution in [0.15, 0.2) is 24.3 Å². The molecule has 1 aromatic carbocycles. The van der Waals surface area contributed by atoms with E-state index >= 15 is 0 Å². The SMILES string of the molecule is N#Cc1cccc(CN2C(=O)OC[C@H]2C(=O)NCC(=O)O)c1. The van der Waals surface area contributed by atoms with Gasteiger partial charge in [-0.15, -0.1) is 0 Å². The van der Waals surface area contributed by atoms with Crippen molar-refractivity contribution >= 4 is 18.0 Å². The number of carboxylic acids is 1. The van der Waals surface area contributed by atoms with Crippen molar-refractivity contribution in [3.63, 3.8) is 0 Å². The summed E-state index contributed by atoms with van der Waals surface area (Å²) in [5.74, 6) is -1.77. The summed E-state index contributed by atoms with van der Waals surface area (Å²) in [5.41, 5.74) is 1.12. The van der Waals surface area contributed by atoms with Gasteiger partial charge in [-0.25, -0.2) is 4.79 Å². The van der Waals surface area contributed by atoms with Crippen LogP contribution in [-0.2, 0) is 20.9 Å². The van der Waals surface area contributed by atoms with E-state index in [4.69, 9.17) is 15.1 Å². The smallest absolute Gasteiger partial charge is 0.410 e. The van der Waals surface area contributed by atoms with Crippen LogP contribution in [0.1, 0.15) is 11.1 Å². The molecule has 0 spiro atoms. The Morgan fingerprint density at radius 2 is 2.27 bits per heavy atom. The monoisotopic (exact) mass is 303 g/mol. The zero-order chi connectivity index (χ0) is 16.1. The summed E-state index contributed by atoms with van der Waals surface area (Å²) in [6, 6.07) is 7.73. The molecule has 0 aliphatic carbocycles. The first-order valence-electron chi connectivity index (χ1n) is 6.43. The molecular weight excluding hydrogens is 290 g/mol. The Morgan fingerprint density at radius 1 is 1.50 bits per heavy atom. The molecule has 2 rings (SSSR count). The van der Waals surface area contributed by atoms with Crippen molar-refractivity contribution in [2.24, 2.45) is 0 Å². The lowest BCUT2D eigenvalue weighted by Crippen LogP contribution is -2.46. The van der Waals surface area contributed by atoms with Crippen LogP contribution in [-0.4, -0.2) is 47.2 Å². The molecular formula is C14H13N3O5. The molecule has 0 bridgehead atoms. The van der Waals surface area contributed by atoms with Crippen molar-refractivity contribution in [2.75, 3.05) is 13.2 Å². The fourth-order valence-electron chi connectivity index (χ4n) is 2.06. The molecule has 114 valence electrons. The van der Waals surface area contributed by atoms with Crippen LogP contribution < -0.4 is 5.32 Å². The number of nitrogens with zero attached hydrogens (tertiary/aromatic N) is 2. The largest absolute Gasteiger partial charge is 0.480 e. The molecule has 1 aromatic rings. The number of hydrogen-bond acceptors (Lipinski definition) is 5. The Hall–Kier alpha value is -3.08. The molecule has 8 heteroatoms. The van der Waals surface area contributed by atoms with E-state index in [1.54, 1.807) is 24.3 Å². The van der Waals surface area contributed by atoms with Gasteiger partial charge in [0.15, 0.2) is 0 Å². The number of carbonyl (C=O) groups excluding carboxylic acids is 2. The maximum atomic E-state index is 11.9. The molecule has 0 aromatic heterocycles. The third-order valence-electron chi connectivity index (χ3n) is 3.10. The summed E-state index contributed by atoms with van der Waals surface area (Å²) in [6.07, 6.45) is -0.655. The van der Waals surface area contributed by atoms with Crippen molar-refractivity contribution in [2.45, 2.75) is 12.6 Å². The van der Waals surface area contributed by atoms with Gasteiger partial charge in [-0.3, -0.25) is 14.5 Å². The normalized spacial score (nSPS) is 16.8. The van der Waals surface area contributed by atoms with Crippen LogP contribution in [0.4, 0.5) is 4.79 Å². The van der Waals surface area contributed by atoms with E-state index in [1.807, 2.05) is 6.07 Å². The Kier molecular flexibility index (Phi) is 4.58. The summed E-state index contributed by atoms with van der Waals surface area (Å²) < 4.78 is 4.85. The number of nitrogens with one attached hydrogen (secondary N) is 1. The fourth-order valence-corrected chi connectivity index (χ4v) is 2.06. The third kappa shape index (κ3) is 3.52. The van der Waals surface area contributed by atoms with Gasteiger partial charge in [0.25, 0.3) is 0 Å². The molecule has 1 aliphatic rings. The van der Waals surface area contributed by atoms with E-state index in [0.717, 1.165) is 0 Å². The number of ether oxygens (including phenoxy) is 1. The molecule has 1 heterocycles. The third-order valence-corrected chi connectivity index (χ3v) is 3.10. The highest BCUT2D eigenvalue weighted by Crippen LogP contribution is 2.17. The maximum absolute atomic E-state index is 11.9.